The fourth-order valence-electron chi connectivity index (χ4n) is 3.39. The number of nitrogens with zero attached hydrogens (tertiary/aromatic N) is 2. The lowest BCUT2D eigenvalue weighted by Crippen LogP contribution is -2.48. The Morgan fingerprint density at radius 1 is 1.40 bits per heavy atom. The van der Waals surface area contributed by atoms with E-state index in [1.54, 1.807) is 0 Å². The van der Waals surface area contributed by atoms with E-state index >= 15 is 0 Å². The summed E-state index contributed by atoms with van der Waals surface area (Å²) in [7, 11) is 2.21. The summed E-state index contributed by atoms with van der Waals surface area (Å²) in [5.41, 5.74) is 1.32. The molecule has 3 rings (SSSR count). The summed E-state index contributed by atoms with van der Waals surface area (Å²) in [6.07, 6.45) is 0.389. The van der Waals surface area contributed by atoms with Gasteiger partial charge in [-0.15, -0.1) is 0 Å². The lowest BCUT2D eigenvalue weighted by Gasteiger charge is -2.33. The quantitative estimate of drug-likeness (QED) is 0.852. The molecule has 1 aromatic carbocycles. The minimum absolute atomic E-state index is 0.389. The molecular formula is C16H23ClN2O. The number of fused-ring (bicyclic) bond motifs is 1. The molecule has 0 bridgehead atoms. The summed E-state index contributed by atoms with van der Waals surface area (Å²) >= 11 is 6.08. The summed E-state index contributed by atoms with van der Waals surface area (Å²) in [4.78, 5) is 4.97. The van der Waals surface area contributed by atoms with E-state index in [9.17, 15) is 0 Å². The molecular weight excluding hydrogens is 272 g/mol. The normalized spacial score (nSPS) is 29.4. The van der Waals surface area contributed by atoms with Gasteiger partial charge in [0.1, 0.15) is 0 Å². The van der Waals surface area contributed by atoms with E-state index in [1.807, 2.05) is 12.1 Å². The van der Waals surface area contributed by atoms with Crippen molar-refractivity contribution in [3.63, 3.8) is 0 Å². The second-order valence-corrected chi connectivity index (χ2v) is 6.57. The lowest BCUT2D eigenvalue weighted by atomic mass is 10.0. The molecule has 110 valence electrons. The SMILES string of the molecule is C[C@H](CN1C[C@@H]2OCCN(C)[C@@H]2C1)c1cccc(Cl)c1. The van der Waals surface area contributed by atoms with Crippen molar-refractivity contribution in [2.24, 2.45) is 0 Å². The first kappa shape index (κ1) is 14.3. The van der Waals surface area contributed by atoms with Gasteiger partial charge in [0.25, 0.3) is 0 Å². The van der Waals surface area contributed by atoms with Crippen LogP contribution in [0.5, 0.6) is 0 Å². The van der Waals surface area contributed by atoms with Crippen LogP contribution in [0.2, 0.25) is 5.02 Å². The Balaban J connectivity index is 1.61. The van der Waals surface area contributed by atoms with Crippen LogP contribution < -0.4 is 0 Å². The van der Waals surface area contributed by atoms with Gasteiger partial charge in [0.05, 0.1) is 12.7 Å². The highest BCUT2D eigenvalue weighted by Crippen LogP contribution is 2.25. The van der Waals surface area contributed by atoms with Gasteiger partial charge in [-0.2, -0.15) is 0 Å². The Kier molecular flexibility index (Phi) is 4.32. The van der Waals surface area contributed by atoms with Crippen LogP contribution in [0.3, 0.4) is 0 Å². The van der Waals surface area contributed by atoms with Crippen LogP contribution in [-0.4, -0.2) is 61.8 Å². The molecule has 0 radical (unpaired) electrons. The predicted octanol–water partition coefficient (Wildman–Crippen LogP) is 2.46. The first-order valence-corrected chi connectivity index (χ1v) is 7.81. The van der Waals surface area contributed by atoms with Gasteiger partial charge in [-0.1, -0.05) is 30.7 Å². The van der Waals surface area contributed by atoms with Crippen molar-refractivity contribution < 1.29 is 4.74 Å². The summed E-state index contributed by atoms with van der Waals surface area (Å²) in [6, 6.07) is 8.79. The van der Waals surface area contributed by atoms with Gasteiger partial charge in [0.15, 0.2) is 0 Å². The standard InChI is InChI=1S/C16H23ClN2O/c1-12(13-4-3-5-14(17)8-13)9-19-10-15-16(11-19)20-7-6-18(15)2/h3-5,8,12,15-16H,6-7,9-11H2,1-2H3/t12-,15-,16+/m1/s1. The van der Waals surface area contributed by atoms with Crippen molar-refractivity contribution in [2.45, 2.75) is 25.0 Å². The summed E-state index contributed by atoms with van der Waals surface area (Å²) in [5, 5.41) is 0.826. The van der Waals surface area contributed by atoms with Crippen LogP contribution in [-0.2, 0) is 4.74 Å². The van der Waals surface area contributed by atoms with Crippen molar-refractivity contribution in [2.75, 3.05) is 39.8 Å². The van der Waals surface area contributed by atoms with Crippen LogP contribution in [0.25, 0.3) is 0 Å². The van der Waals surface area contributed by atoms with Gasteiger partial charge >= 0.3 is 0 Å². The minimum Gasteiger partial charge on any atom is -0.374 e. The molecule has 0 amide bonds. The number of morpholine rings is 1. The van der Waals surface area contributed by atoms with Gasteiger partial charge in [-0.05, 0) is 30.7 Å². The highest BCUT2D eigenvalue weighted by atomic mass is 35.5. The topological polar surface area (TPSA) is 15.7 Å². The zero-order valence-corrected chi connectivity index (χ0v) is 13.0. The first-order valence-electron chi connectivity index (χ1n) is 7.43. The molecule has 2 saturated heterocycles. The van der Waals surface area contributed by atoms with Crippen LogP contribution >= 0.6 is 11.6 Å². The van der Waals surface area contributed by atoms with Gasteiger partial charge in [-0.3, -0.25) is 9.80 Å². The fraction of sp³-hybridized carbons (Fsp3) is 0.625. The van der Waals surface area contributed by atoms with Crippen molar-refractivity contribution >= 4 is 11.6 Å². The van der Waals surface area contributed by atoms with Gasteiger partial charge in [0, 0.05) is 37.2 Å². The molecule has 3 atom stereocenters. The van der Waals surface area contributed by atoms with E-state index in [-0.39, 0.29) is 0 Å². The molecule has 20 heavy (non-hydrogen) atoms. The highest BCUT2D eigenvalue weighted by Gasteiger charge is 2.38. The summed E-state index contributed by atoms with van der Waals surface area (Å²) < 4.78 is 5.90. The van der Waals surface area contributed by atoms with E-state index in [1.165, 1.54) is 5.56 Å². The molecule has 0 N–H and O–H groups in total. The Bertz CT molecular complexity index is 468. The van der Waals surface area contributed by atoms with Gasteiger partial charge in [0.2, 0.25) is 0 Å². The maximum atomic E-state index is 6.08. The third-order valence-corrected chi connectivity index (χ3v) is 4.84. The molecule has 4 heteroatoms. The number of ether oxygens (including phenoxy) is 1. The molecule has 1 aromatic rings. The molecule has 3 nitrogen and oxygen atoms in total. The Labute approximate surface area is 126 Å². The number of hydrogen-bond donors (Lipinski definition) is 0. The molecule has 0 spiro atoms. The largest absolute Gasteiger partial charge is 0.374 e. The second-order valence-electron chi connectivity index (χ2n) is 6.13. The second kappa shape index (κ2) is 6.02. The van der Waals surface area contributed by atoms with Gasteiger partial charge < -0.3 is 4.74 Å². The fourth-order valence-corrected chi connectivity index (χ4v) is 3.59. The first-order chi connectivity index (χ1) is 9.63. The predicted molar refractivity (Wildman–Crippen MR) is 82.5 cm³/mol. The molecule has 0 saturated carbocycles. The number of rotatable bonds is 3. The third-order valence-electron chi connectivity index (χ3n) is 4.60. The molecule has 2 heterocycles. The van der Waals surface area contributed by atoms with Crippen molar-refractivity contribution in [3.8, 4) is 0 Å². The Morgan fingerprint density at radius 3 is 3.00 bits per heavy atom. The zero-order chi connectivity index (χ0) is 14.1. The van der Waals surface area contributed by atoms with E-state index < -0.39 is 0 Å². The van der Waals surface area contributed by atoms with Gasteiger partial charge in [-0.25, -0.2) is 0 Å². The molecule has 2 aliphatic heterocycles. The van der Waals surface area contributed by atoms with Crippen LogP contribution in [0, 0.1) is 0 Å². The Morgan fingerprint density at radius 2 is 2.25 bits per heavy atom. The minimum atomic E-state index is 0.389. The molecule has 0 aromatic heterocycles. The van der Waals surface area contributed by atoms with Crippen LogP contribution in [0.4, 0.5) is 0 Å². The van der Waals surface area contributed by atoms with Crippen molar-refractivity contribution in [1.82, 2.24) is 9.80 Å². The smallest absolute Gasteiger partial charge is 0.0869 e. The number of halogens is 1. The maximum Gasteiger partial charge on any atom is 0.0869 e. The van der Waals surface area contributed by atoms with E-state index in [0.29, 0.717) is 18.1 Å². The highest BCUT2D eigenvalue weighted by molar-refractivity contribution is 6.30. The van der Waals surface area contributed by atoms with Crippen molar-refractivity contribution in [3.05, 3.63) is 34.9 Å². The van der Waals surface area contributed by atoms with E-state index in [4.69, 9.17) is 16.3 Å². The molecule has 2 fully saturated rings. The number of likely N-dealkylation sites (N-methyl/N-ethyl adjacent to an activating group) is 1. The van der Waals surface area contributed by atoms with Crippen LogP contribution in [0.1, 0.15) is 18.4 Å². The summed E-state index contributed by atoms with van der Waals surface area (Å²) in [6.45, 7) is 7.45. The van der Waals surface area contributed by atoms with Crippen LogP contribution in [0.15, 0.2) is 24.3 Å². The summed E-state index contributed by atoms with van der Waals surface area (Å²) in [5.74, 6) is 0.499. The average molecular weight is 295 g/mol. The molecule has 0 aliphatic carbocycles. The third kappa shape index (κ3) is 3.01. The van der Waals surface area contributed by atoms with E-state index in [2.05, 4.69) is 35.9 Å². The monoisotopic (exact) mass is 294 g/mol. The average Bonchev–Trinajstić information content (AvgIpc) is 2.83. The lowest BCUT2D eigenvalue weighted by molar-refractivity contribution is -0.0369. The van der Waals surface area contributed by atoms with Crippen molar-refractivity contribution in [1.29, 1.82) is 0 Å². The Hall–Kier alpha value is -0.610. The zero-order valence-electron chi connectivity index (χ0n) is 12.3. The number of hydrogen-bond acceptors (Lipinski definition) is 3. The number of likely N-dealkylation sites (tertiary alicyclic amines) is 1. The maximum absolute atomic E-state index is 6.08. The number of benzene rings is 1. The molecule has 0 unspecified atom stereocenters. The van der Waals surface area contributed by atoms with E-state index in [0.717, 1.165) is 37.8 Å². The molecule has 2 aliphatic rings.